The Morgan fingerprint density at radius 2 is 1.86 bits per heavy atom. The van der Waals surface area contributed by atoms with E-state index < -0.39 is 0 Å². The maximum absolute atomic E-state index is 12.5. The average molecular weight is 318 g/mol. The Hall–Kier alpha value is -1.81. The second-order valence-corrected chi connectivity index (χ2v) is 6.18. The van der Waals surface area contributed by atoms with E-state index in [-0.39, 0.29) is 10.6 Å². The quantitative estimate of drug-likeness (QED) is 0.867. The minimum Gasteiger partial charge on any atom is -0.369 e. The summed E-state index contributed by atoms with van der Waals surface area (Å²) in [4.78, 5) is 14.6. The Balaban J connectivity index is 1.94. The summed E-state index contributed by atoms with van der Waals surface area (Å²) in [5.74, 6) is 0. The molecule has 3 rings (SSSR count). The van der Waals surface area contributed by atoms with Gasteiger partial charge in [-0.15, -0.1) is 0 Å². The summed E-state index contributed by atoms with van der Waals surface area (Å²) in [5, 5.41) is 4.55. The molecule has 0 N–H and O–H groups in total. The van der Waals surface area contributed by atoms with Crippen LogP contribution in [0.1, 0.15) is 32.1 Å². The van der Waals surface area contributed by atoms with Crippen molar-refractivity contribution >= 4 is 17.3 Å². The third kappa shape index (κ3) is 2.88. The molecule has 0 spiro atoms. The van der Waals surface area contributed by atoms with Gasteiger partial charge in [0.2, 0.25) is 0 Å². The van der Waals surface area contributed by atoms with E-state index in [0.29, 0.717) is 6.04 Å². The molecular formula is C17H20ClN3O. The van der Waals surface area contributed by atoms with Gasteiger partial charge >= 0.3 is 0 Å². The van der Waals surface area contributed by atoms with E-state index >= 15 is 0 Å². The molecule has 1 fully saturated rings. The Labute approximate surface area is 135 Å². The molecule has 1 aromatic heterocycles. The van der Waals surface area contributed by atoms with Gasteiger partial charge in [-0.25, -0.2) is 0 Å². The molecule has 22 heavy (non-hydrogen) atoms. The van der Waals surface area contributed by atoms with Crippen LogP contribution in [0.2, 0.25) is 5.02 Å². The smallest absolute Gasteiger partial charge is 0.292 e. The number of hydrogen-bond acceptors (Lipinski definition) is 3. The van der Waals surface area contributed by atoms with Gasteiger partial charge in [-0.3, -0.25) is 4.79 Å². The lowest BCUT2D eigenvalue weighted by atomic mass is 9.94. The summed E-state index contributed by atoms with van der Waals surface area (Å²) < 4.78 is 1.35. The molecule has 0 bridgehead atoms. The monoisotopic (exact) mass is 317 g/mol. The van der Waals surface area contributed by atoms with Crippen LogP contribution in [0.15, 0.2) is 41.3 Å². The van der Waals surface area contributed by atoms with Gasteiger partial charge in [-0.05, 0) is 25.0 Å². The van der Waals surface area contributed by atoms with Crippen molar-refractivity contribution in [3.05, 3.63) is 51.9 Å². The van der Waals surface area contributed by atoms with Crippen molar-refractivity contribution in [2.45, 2.75) is 38.1 Å². The van der Waals surface area contributed by atoms with Crippen molar-refractivity contribution in [1.82, 2.24) is 9.78 Å². The first-order valence-electron chi connectivity index (χ1n) is 7.74. The Morgan fingerprint density at radius 1 is 1.18 bits per heavy atom. The second-order valence-electron chi connectivity index (χ2n) is 5.80. The maximum atomic E-state index is 12.5. The van der Waals surface area contributed by atoms with Gasteiger partial charge in [0.05, 0.1) is 17.6 Å². The summed E-state index contributed by atoms with van der Waals surface area (Å²) in [6.45, 7) is 0. The predicted octanol–water partition coefficient (Wildman–Crippen LogP) is 3.65. The lowest BCUT2D eigenvalue weighted by Crippen LogP contribution is -2.35. The highest BCUT2D eigenvalue weighted by molar-refractivity contribution is 6.33. The van der Waals surface area contributed by atoms with E-state index in [1.807, 2.05) is 37.4 Å². The van der Waals surface area contributed by atoms with Gasteiger partial charge in [-0.1, -0.05) is 49.1 Å². The number of aromatic nitrogens is 2. The minimum atomic E-state index is -0.270. The molecule has 0 radical (unpaired) electrons. The lowest BCUT2D eigenvalue weighted by molar-refractivity contribution is 0.427. The number of rotatable bonds is 3. The van der Waals surface area contributed by atoms with Crippen molar-refractivity contribution in [1.29, 1.82) is 0 Å². The van der Waals surface area contributed by atoms with Gasteiger partial charge in [0.15, 0.2) is 0 Å². The van der Waals surface area contributed by atoms with Crippen LogP contribution in [-0.4, -0.2) is 22.9 Å². The second kappa shape index (κ2) is 6.53. The molecule has 1 heterocycles. The molecule has 5 heteroatoms. The summed E-state index contributed by atoms with van der Waals surface area (Å²) in [5.41, 5.74) is 1.18. The fourth-order valence-corrected chi connectivity index (χ4v) is 3.35. The van der Waals surface area contributed by atoms with Gasteiger partial charge in [-0.2, -0.15) is 9.78 Å². The number of benzene rings is 1. The summed E-state index contributed by atoms with van der Waals surface area (Å²) in [6.07, 6.45) is 7.77. The van der Waals surface area contributed by atoms with Gasteiger partial charge in [0.25, 0.3) is 5.56 Å². The first-order chi connectivity index (χ1) is 10.7. The SMILES string of the molecule is CN(c1cnn(-c2ccccc2)c(=O)c1Cl)C1CCCCC1. The first-order valence-corrected chi connectivity index (χ1v) is 8.12. The van der Waals surface area contributed by atoms with E-state index in [0.717, 1.165) is 24.2 Å². The minimum absolute atomic E-state index is 0.243. The van der Waals surface area contributed by atoms with Crippen molar-refractivity contribution in [3.63, 3.8) is 0 Å². The van der Waals surface area contributed by atoms with Crippen LogP contribution in [0.4, 0.5) is 5.69 Å². The molecular weight excluding hydrogens is 298 g/mol. The zero-order valence-corrected chi connectivity index (χ0v) is 13.5. The fourth-order valence-electron chi connectivity index (χ4n) is 3.09. The zero-order chi connectivity index (χ0) is 15.5. The Kier molecular flexibility index (Phi) is 4.48. The molecule has 0 unspecified atom stereocenters. The molecule has 2 aromatic rings. The Morgan fingerprint density at radius 3 is 2.55 bits per heavy atom. The third-order valence-electron chi connectivity index (χ3n) is 4.40. The van der Waals surface area contributed by atoms with Crippen LogP contribution in [0.5, 0.6) is 0 Å². The van der Waals surface area contributed by atoms with Crippen LogP contribution < -0.4 is 10.5 Å². The molecule has 1 aromatic carbocycles. The van der Waals surface area contributed by atoms with Crippen LogP contribution in [-0.2, 0) is 0 Å². The normalized spacial score (nSPS) is 15.7. The molecule has 116 valence electrons. The van der Waals surface area contributed by atoms with Crippen LogP contribution in [0.25, 0.3) is 5.69 Å². The summed E-state index contributed by atoms with van der Waals surface area (Å²) >= 11 is 6.35. The largest absolute Gasteiger partial charge is 0.369 e. The summed E-state index contributed by atoms with van der Waals surface area (Å²) in [7, 11) is 2.01. The van der Waals surface area contributed by atoms with E-state index in [1.165, 1.54) is 23.9 Å². The third-order valence-corrected chi connectivity index (χ3v) is 4.76. The van der Waals surface area contributed by atoms with Crippen molar-refractivity contribution in [2.75, 3.05) is 11.9 Å². The van der Waals surface area contributed by atoms with E-state index in [9.17, 15) is 4.79 Å². The predicted molar refractivity (Wildman–Crippen MR) is 90.1 cm³/mol. The topological polar surface area (TPSA) is 38.1 Å². The molecule has 4 nitrogen and oxygen atoms in total. The lowest BCUT2D eigenvalue weighted by Gasteiger charge is -2.33. The number of halogens is 1. The van der Waals surface area contributed by atoms with Crippen molar-refractivity contribution in [3.8, 4) is 5.69 Å². The van der Waals surface area contributed by atoms with Crippen molar-refractivity contribution < 1.29 is 0 Å². The van der Waals surface area contributed by atoms with Gasteiger partial charge in [0, 0.05) is 13.1 Å². The highest BCUT2D eigenvalue weighted by Crippen LogP contribution is 2.28. The Bertz CT molecular complexity index is 693. The number of hydrogen-bond donors (Lipinski definition) is 0. The number of anilines is 1. The average Bonchev–Trinajstić information content (AvgIpc) is 2.58. The number of para-hydroxylation sites is 1. The maximum Gasteiger partial charge on any atom is 0.292 e. The van der Waals surface area contributed by atoms with Gasteiger partial charge < -0.3 is 4.90 Å². The van der Waals surface area contributed by atoms with Crippen LogP contribution >= 0.6 is 11.6 Å². The highest BCUT2D eigenvalue weighted by atomic mass is 35.5. The molecule has 0 atom stereocenters. The van der Waals surface area contributed by atoms with Crippen LogP contribution in [0, 0.1) is 0 Å². The van der Waals surface area contributed by atoms with Gasteiger partial charge in [0.1, 0.15) is 5.02 Å². The van der Waals surface area contributed by atoms with E-state index in [1.54, 1.807) is 6.20 Å². The molecule has 1 aliphatic carbocycles. The first kappa shape index (κ1) is 15.1. The van der Waals surface area contributed by atoms with Crippen molar-refractivity contribution in [2.24, 2.45) is 0 Å². The molecule has 1 aliphatic rings. The number of nitrogens with zero attached hydrogens (tertiary/aromatic N) is 3. The van der Waals surface area contributed by atoms with E-state index in [4.69, 9.17) is 11.6 Å². The zero-order valence-electron chi connectivity index (χ0n) is 12.7. The molecule has 1 saturated carbocycles. The molecule has 0 amide bonds. The molecule has 0 saturated heterocycles. The summed E-state index contributed by atoms with van der Waals surface area (Å²) in [6, 6.07) is 9.78. The fraction of sp³-hybridized carbons (Fsp3) is 0.412. The molecule has 0 aliphatic heterocycles. The highest BCUT2D eigenvalue weighted by Gasteiger charge is 2.22. The van der Waals surface area contributed by atoms with E-state index in [2.05, 4.69) is 10.00 Å². The standard InChI is InChI=1S/C17H20ClN3O/c1-20(13-8-4-2-5-9-13)15-12-19-21(17(22)16(15)18)14-10-6-3-7-11-14/h3,6-7,10-13H,2,4-5,8-9H2,1H3. The van der Waals surface area contributed by atoms with Crippen LogP contribution in [0.3, 0.4) is 0 Å².